The van der Waals surface area contributed by atoms with Crippen LogP contribution in [0.4, 0.5) is 4.79 Å². The number of carbonyl (C=O) groups excluding carboxylic acids is 1. The summed E-state index contributed by atoms with van der Waals surface area (Å²) in [7, 11) is 0. The number of hydrogen-bond donors (Lipinski definition) is 1. The van der Waals surface area contributed by atoms with E-state index in [9.17, 15) is 14.7 Å². The molecule has 1 amide bonds. The molecule has 1 aromatic carbocycles. The first-order valence-electron chi connectivity index (χ1n) is 11.4. The Balaban J connectivity index is 2.53. The third-order valence-corrected chi connectivity index (χ3v) is 4.56. The molecule has 1 rings (SSSR count). The van der Waals surface area contributed by atoms with Gasteiger partial charge in [0.05, 0.1) is 19.8 Å². The van der Waals surface area contributed by atoms with E-state index in [0.717, 1.165) is 18.4 Å². The molecule has 32 heavy (non-hydrogen) atoms. The number of carboxylic acids is 1. The van der Waals surface area contributed by atoms with E-state index in [2.05, 4.69) is 6.92 Å². The Morgan fingerprint density at radius 1 is 1.03 bits per heavy atom. The van der Waals surface area contributed by atoms with Crippen LogP contribution in [0, 0.1) is 5.92 Å². The smallest absolute Gasteiger partial charge is 0.409 e. The van der Waals surface area contributed by atoms with Gasteiger partial charge < -0.3 is 29.0 Å². The van der Waals surface area contributed by atoms with Crippen molar-refractivity contribution in [2.75, 3.05) is 46.1 Å². The summed E-state index contributed by atoms with van der Waals surface area (Å²) in [6, 6.07) is 7.21. The van der Waals surface area contributed by atoms with E-state index in [0.29, 0.717) is 51.9 Å². The Kier molecular flexibility index (Phi) is 14.1. The van der Waals surface area contributed by atoms with Crippen molar-refractivity contribution < 1.29 is 33.6 Å². The van der Waals surface area contributed by atoms with Crippen LogP contribution in [0.2, 0.25) is 0 Å². The molecule has 1 atom stereocenters. The van der Waals surface area contributed by atoms with E-state index in [1.165, 1.54) is 0 Å². The summed E-state index contributed by atoms with van der Waals surface area (Å²) in [5.41, 5.74) is 0.848. The minimum atomic E-state index is -0.977. The first kappa shape index (κ1) is 27.7. The number of ether oxygens (including phenoxy) is 4. The van der Waals surface area contributed by atoms with Crippen LogP contribution in [0.25, 0.3) is 0 Å². The number of carbonyl (C=O) groups is 2. The number of unbranched alkanes of at least 4 members (excludes halogenated alkanes) is 1. The highest BCUT2D eigenvalue weighted by atomic mass is 16.6. The zero-order valence-electron chi connectivity index (χ0n) is 19.9. The van der Waals surface area contributed by atoms with Crippen LogP contribution < -0.4 is 4.74 Å². The van der Waals surface area contributed by atoms with E-state index in [4.69, 9.17) is 18.9 Å². The van der Waals surface area contributed by atoms with Gasteiger partial charge in [-0.3, -0.25) is 0 Å². The second-order valence-electron chi connectivity index (χ2n) is 7.90. The molecule has 8 heteroatoms. The molecule has 1 aromatic rings. The van der Waals surface area contributed by atoms with Gasteiger partial charge in [-0.05, 0) is 37.0 Å². The monoisotopic (exact) mass is 453 g/mol. The summed E-state index contributed by atoms with van der Waals surface area (Å²) in [5, 5.41) is 9.20. The fourth-order valence-corrected chi connectivity index (χ4v) is 2.78. The molecule has 0 saturated heterocycles. The number of nitrogens with zero attached hydrogens (tertiary/aromatic N) is 1. The van der Waals surface area contributed by atoms with Gasteiger partial charge in [0.25, 0.3) is 0 Å². The standard InChI is InChI=1S/C24H39NO7/c1-5-7-14-29-15-12-25(24(28)32-18-19(3)4)13-16-31-21-10-8-20(9-11-21)17-22(23(26)27)30-6-2/h8-11,19,22H,5-7,12-18H2,1-4H3,(H,26,27). The first-order valence-corrected chi connectivity index (χ1v) is 11.4. The third kappa shape index (κ3) is 11.9. The average Bonchev–Trinajstić information content (AvgIpc) is 2.76. The van der Waals surface area contributed by atoms with Crippen molar-refractivity contribution in [2.45, 2.75) is 53.1 Å². The van der Waals surface area contributed by atoms with Crippen LogP contribution in [0.3, 0.4) is 0 Å². The van der Waals surface area contributed by atoms with Gasteiger partial charge in [-0.15, -0.1) is 0 Å². The maximum atomic E-state index is 12.4. The molecule has 0 fully saturated rings. The normalized spacial score (nSPS) is 11.9. The second kappa shape index (κ2) is 16.3. The lowest BCUT2D eigenvalue weighted by Crippen LogP contribution is -2.38. The summed E-state index contributed by atoms with van der Waals surface area (Å²) in [4.78, 5) is 25.2. The number of aliphatic carboxylic acids is 1. The van der Waals surface area contributed by atoms with Gasteiger partial charge in [0.1, 0.15) is 12.4 Å². The van der Waals surface area contributed by atoms with Crippen molar-refractivity contribution in [3.63, 3.8) is 0 Å². The quantitative estimate of drug-likeness (QED) is 0.356. The predicted molar refractivity (Wildman–Crippen MR) is 122 cm³/mol. The van der Waals surface area contributed by atoms with E-state index in [1.807, 2.05) is 26.0 Å². The highest BCUT2D eigenvalue weighted by Gasteiger charge is 2.18. The van der Waals surface area contributed by atoms with Gasteiger partial charge in [-0.25, -0.2) is 9.59 Å². The van der Waals surface area contributed by atoms with Gasteiger partial charge in [0, 0.05) is 26.2 Å². The van der Waals surface area contributed by atoms with Crippen molar-refractivity contribution >= 4 is 12.1 Å². The van der Waals surface area contributed by atoms with Gasteiger partial charge in [-0.2, -0.15) is 0 Å². The van der Waals surface area contributed by atoms with Crippen LogP contribution in [-0.4, -0.2) is 74.3 Å². The average molecular weight is 454 g/mol. The molecular formula is C24H39NO7. The number of rotatable bonds is 17. The predicted octanol–water partition coefficient (Wildman–Crippen LogP) is 4.01. The summed E-state index contributed by atoms with van der Waals surface area (Å²) in [6.45, 7) is 10.8. The van der Waals surface area contributed by atoms with Gasteiger partial charge in [-0.1, -0.05) is 39.3 Å². The van der Waals surface area contributed by atoms with Gasteiger partial charge in [0.2, 0.25) is 0 Å². The summed E-state index contributed by atoms with van der Waals surface area (Å²) in [5.74, 6) is -0.0677. The van der Waals surface area contributed by atoms with Crippen LogP contribution in [0.15, 0.2) is 24.3 Å². The number of carboxylic acid groups (broad SMARTS) is 1. The zero-order valence-corrected chi connectivity index (χ0v) is 19.9. The van der Waals surface area contributed by atoms with Crippen LogP contribution in [0.5, 0.6) is 5.75 Å². The minimum absolute atomic E-state index is 0.264. The van der Waals surface area contributed by atoms with Crippen LogP contribution in [-0.2, 0) is 25.4 Å². The molecule has 0 radical (unpaired) electrons. The number of hydrogen-bond acceptors (Lipinski definition) is 6. The van der Waals surface area contributed by atoms with Crippen molar-refractivity contribution in [2.24, 2.45) is 5.92 Å². The topological polar surface area (TPSA) is 94.5 Å². The maximum Gasteiger partial charge on any atom is 0.409 e. The fraction of sp³-hybridized carbons (Fsp3) is 0.667. The second-order valence-corrected chi connectivity index (χ2v) is 7.90. The molecule has 0 saturated carbocycles. The van der Waals surface area contributed by atoms with Crippen molar-refractivity contribution in [1.82, 2.24) is 4.90 Å². The van der Waals surface area contributed by atoms with Crippen LogP contribution in [0.1, 0.15) is 46.1 Å². The maximum absolute atomic E-state index is 12.4. The van der Waals surface area contributed by atoms with E-state index in [-0.39, 0.29) is 18.4 Å². The molecule has 8 nitrogen and oxygen atoms in total. The molecule has 0 aliphatic rings. The largest absolute Gasteiger partial charge is 0.492 e. The lowest BCUT2D eigenvalue weighted by atomic mass is 10.1. The fourth-order valence-electron chi connectivity index (χ4n) is 2.78. The SMILES string of the molecule is CCCCOCCN(CCOc1ccc(CC(OCC)C(=O)O)cc1)C(=O)OCC(C)C. The molecule has 1 N–H and O–H groups in total. The summed E-state index contributed by atoms with van der Waals surface area (Å²) in [6.07, 6.45) is 1.12. The number of benzene rings is 1. The van der Waals surface area contributed by atoms with Gasteiger partial charge in [0.15, 0.2) is 6.10 Å². The van der Waals surface area contributed by atoms with Crippen molar-refractivity contribution in [3.05, 3.63) is 29.8 Å². The zero-order chi connectivity index (χ0) is 23.8. The van der Waals surface area contributed by atoms with Crippen molar-refractivity contribution in [1.29, 1.82) is 0 Å². The van der Waals surface area contributed by atoms with Gasteiger partial charge >= 0.3 is 12.1 Å². The minimum Gasteiger partial charge on any atom is -0.492 e. The third-order valence-electron chi connectivity index (χ3n) is 4.56. The van der Waals surface area contributed by atoms with E-state index < -0.39 is 12.1 Å². The highest BCUT2D eigenvalue weighted by Crippen LogP contribution is 2.15. The molecule has 182 valence electrons. The van der Waals surface area contributed by atoms with E-state index >= 15 is 0 Å². The molecule has 0 aromatic heterocycles. The molecule has 1 unspecified atom stereocenters. The summed E-state index contributed by atoms with van der Waals surface area (Å²) < 4.78 is 22.0. The Morgan fingerprint density at radius 2 is 1.72 bits per heavy atom. The Bertz CT molecular complexity index is 648. The summed E-state index contributed by atoms with van der Waals surface area (Å²) >= 11 is 0. The lowest BCUT2D eigenvalue weighted by Gasteiger charge is -2.23. The molecule has 0 heterocycles. The molecule has 0 spiro atoms. The lowest BCUT2D eigenvalue weighted by molar-refractivity contribution is -0.149. The molecule has 0 bridgehead atoms. The first-order chi connectivity index (χ1) is 15.4. The number of amides is 1. The molecule has 0 aliphatic heterocycles. The Morgan fingerprint density at radius 3 is 2.31 bits per heavy atom. The van der Waals surface area contributed by atoms with Crippen LogP contribution >= 0.6 is 0 Å². The molecule has 0 aliphatic carbocycles. The Hall–Kier alpha value is -2.32. The Labute approximate surface area is 191 Å². The van der Waals surface area contributed by atoms with Crippen molar-refractivity contribution in [3.8, 4) is 5.75 Å². The van der Waals surface area contributed by atoms with E-state index in [1.54, 1.807) is 24.0 Å². The molecular weight excluding hydrogens is 414 g/mol. The highest BCUT2D eigenvalue weighted by molar-refractivity contribution is 5.72.